The van der Waals surface area contributed by atoms with Crippen molar-refractivity contribution < 1.29 is 13.5 Å². The lowest BCUT2D eigenvalue weighted by molar-refractivity contribution is 0.191. The number of hydrogen-bond donors (Lipinski definition) is 2. The normalized spacial score (nSPS) is 32.6. The molecule has 5 nitrogen and oxygen atoms in total. The first-order valence-electron chi connectivity index (χ1n) is 3.87. The molecule has 0 radical (unpaired) electrons. The fourth-order valence-corrected chi connectivity index (χ4v) is 2.57. The van der Waals surface area contributed by atoms with Gasteiger partial charge in [0, 0.05) is 6.54 Å². The van der Waals surface area contributed by atoms with E-state index >= 15 is 0 Å². The summed E-state index contributed by atoms with van der Waals surface area (Å²) >= 11 is 0. The molecule has 1 aliphatic rings. The molecule has 0 aromatic heterocycles. The summed E-state index contributed by atoms with van der Waals surface area (Å²) in [6, 6.07) is -0.333. The molecule has 0 saturated carbocycles. The fourth-order valence-electron chi connectivity index (χ4n) is 1.56. The van der Waals surface area contributed by atoms with Crippen molar-refractivity contribution in [1.29, 1.82) is 0 Å². The first-order chi connectivity index (χ1) is 5.46. The summed E-state index contributed by atoms with van der Waals surface area (Å²) in [6.45, 7) is 2.18. The van der Waals surface area contributed by atoms with Crippen LogP contribution in [0.4, 0.5) is 0 Å². The van der Waals surface area contributed by atoms with E-state index in [0.717, 1.165) is 10.7 Å². The van der Waals surface area contributed by atoms with Gasteiger partial charge in [-0.15, -0.1) is 0 Å². The van der Waals surface area contributed by atoms with Gasteiger partial charge in [-0.2, -0.15) is 12.7 Å². The van der Waals surface area contributed by atoms with Crippen molar-refractivity contribution in [3.8, 4) is 0 Å². The highest BCUT2D eigenvalue weighted by atomic mass is 32.2. The van der Waals surface area contributed by atoms with Gasteiger partial charge in [-0.1, -0.05) is 6.92 Å². The molecule has 0 aliphatic carbocycles. The smallest absolute Gasteiger partial charge is 0.277 e. The van der Waals surface area contributed by atoms with Crippen LogP contribution in [0.5, 0.6) is 0 Å². The van der Waals surface area contributed by atoms with E-state index in [1.807, 2.05) is 6.92 Å². The maximum atomic E-state index is 10.9. The number of nitrogens with zero attached hydrogens (tertiary/aromatic N) is 1. The minimum absolute atomic E-state index is 0.155. The van der Waals surface area contributed by atoms with Crippen molar-refractivity contribution in [1.82, 2.24) is 4.31 Å². The first kappa shape index (κ1) is 9.91. The largest absolute Gasteiger partial charge is 0.395 e. The number of hydrogen-bond acceptors (Lipinski definition) is 3. The zero-order valence-electron chi connectivity index (χ0n) is 6.97. The van der Waals surface area contributed by atoms with E-state index in [-0.39, 0.29) is 18.6 Å². The van der Waals surface area contributed by atoms with Gasteiger partial charge in [-0.05, 0) is 12.3 Å². The Hall–Kier alpha value is -0.170. The minimum Gasteiger partial charge on any atom is -0.395 e. The summed E-state index contributed by atoms with van der Waals surface area (Å²) < 4.78 is 23.0. The predicted molar refractivity (Wildman–Crippen MR) is 44.5 cm³/mol. The second-order valence-electron chi connectivity index (χ2n) is 3.17. The SMILES string of the molecule is CC1CCN(S(N)(=O)=O)C1CO. The minimum atomic E-state index is -3.62. The van der Waals surface area contributed by atoms with Crippen molar-refractivity contribution in [2.24, 2.45) is 11.1 Å². The van der Waals surface area contributed by atoms with Gasteiger partial charge in [-0.3, -0.25) is 0 Å². The van der Waals surface area contributed by atoms with E-state index in [4.69, 9.17) is 10.2 Å². The van der Waals surface area contributed by atoms with Crippen LogP contribution in [0.15, 0.2) is 0 Å². The molecule has 0 aromatic rings. The summed E-state index contributed by atoms with van der Waals surface area (Å²) in [5.41, 5.74) is 0. The maximum Gasteiger partial charge on any atom is 0.277 e. The van der Waals surface area contributed by atoms with Crippen LogP contribution in [-0.2, 0) is 10.2 Å². The summed E-state index contributed by atoms with van der Waals surface area (Å²) in [5.74, 6) is 0.188. The van der Waals surface area contributed by atoms with Gasteiger partial charge in [0.05, 0.1) is 12.6 Å². The molecule has 0 amide bonds. The van der Waals surface area contributed by atoms with Gasteiger partial charge in [0.1, 0.15) is 0 Å². The molecule has 0 spiro atoms. The van der Waals surface area contributed by atoms with Crippen molar-refractivity contribution in [2.75, 3.05) is 13.2 Å². The maximum absolute atomic E-state index is 10.9. The molecule has 1 heterocycles. The molecular weight excluding hydrogens is 180 g/mol. The van der Waals surface area contributed by atoms with E-state index in [1.165, 1.54) is 0 Å². The molecule has 0 bridgehead atoms. The zero-order chi connectivity index (χ0) is 9.35. The van der Waals surface area contributed by atoms with Gasteiger partial charge in [-0.25, -0.2) is 5.14 Å². The second kappa shape index (κ2) is 3.29. The molecule has 0 aromatic carbocycles. The molecule has 72 valence electrons. The third kappa shape index (κ3) is 1.77. The lowest BCUT2D eigenvalue weighted by Gasteiger charge is -2.21. The molecular formula is C6H14N2O3S. The predicted octanol–water partition coefficient (Wildman–Crippen LogP) is -1.11. The van der Waals surface area contributed by atoms with Crippen molar-refractivity contribution >= 4 is 10.2 Å². The van der Waals surface area contributed by atoms with Crippen LogP contribution < -0.4 is 5.14 Å². The van der Waals surface area contributed by atoms with Crippen LogP contribution >= 0.6 is 0 Å². The summed E-state index contributed by atoms with van der Waals surface area (Å²) in [5, 5.41) is 13.9. The second-order valence-corrected chi connectivity index (χ2v) is 4.67. The standard InChI is InChI=1S/C6H14N2O3S/c1-5-2-3-8(6(5)4-9)12(7,10)11/h5-6,9H,2-4H2,1H3,(H2,7,10,11). The Morgan fingerprint density at radius 3 is 2.58 bits per heavy atom. The number of aliphatic hydroxyl groups excluding tert-OH is 1. The van der Waals surface area contributed by atoms with Gasteiger partial charge in [0.15, 0.2) is 0 Å². The Bertz CT molecular complexity index is 252. The van der Waals surface area contributed by atoms with Gasteiger partial charge in [0.2, 0.25) is 0 Å². The van der Waals surface area contributed by atoms with Crippen LogP contribution in [0.3, 0.4) is 0 Å². The molecule has 1 saturated heterocycles. The van der Waals surface area contributed by atoms with Crippen molar-refractivity contribution in [3.05, 3.63) is 0 Å². The summed E-state index contributed by atoms with van der Waals surface area (Å²) in [4.78, 5) is 0. The first-order valence-corrected chi connectivity index (χ1v) is 5.37. The fraction of sp³-hybridized carbons (Fsp3) is 1.00. The van der Waals surface area contributed by atoms with E-state index < -0.39 is 10.2 Å². The summed E-state index contributed by atoms with van der Waals surface area (Å²) in [7, 11) is -3.62. The van der Waals surface area contributed by atoms with Crippen LogP contribution in [0.2, 0.25) is 0 Å². The average Bonchev–Trinajstić information content (AvgIpc) is 2.29. The van der Waals surface area contributed by atoms with E-state index in [2.05, 4.69) is 0 Å². The van der Waals surface area contributed by atoms with Crippen LogP contribution in [-0.4, -0.2) is 37.0 Å². The third-order valence-corrected chi connectivity index (χ3v) is 3.45. The highest BCUT2D eigenvalue weighted by Crippen LogP contribution is 2.24. The number of rotatable bonds is 2. The van der Waals surface area contributed by atoms with Crippen molar-refractivity contribution in [2.45, 2.75) is 19.4 Å². The van der Waals surface area contributed by atoms with E-state index in [0.29, 0.717) is 6.54 Å². The highest BCUT2D eigenvalue weighted by molar-refractivity contribution is 7.86. The van der Waals surface area contributed by atoms with Crippen LogP contribution in [0.25, 0.3) is 0 Å². The molecule has 1 fully saturated rings. The molecule has 3 N–H and O–H groups in total. The Balaban J connectivity index is 2.81. The molecule has 2 atom stereocenters. The number of nitrogens with two attached hydrogens (primary N) is 1. The highest BCUT2D eigenvalue weighted by Gasteiger charge is 2.36. The zero-order valence-corrected chi connectivity index (χ0v) is 7.79. The molecule has 6 heteroatoms. The van der Waals surface area contributed by atoms with Crippen LogP contribution in [0.1, 0.15) is 13.3 Å². The Morgan fingerprint density at radius 2 is 2.25 bits per heavy atom. The Morgan fingerprint density at radius 1 is 1.67 bits per heavy atom. The molecule has 1 rings (SSSR count). The van der Waals surface area contributed by atoms with Gasteiger partial charge < -0.3 is 5.11 Å². The Kier molecular flexibility index (Phi) is 2.72. The van der Waals surface area contributed by atoms with Gasteiger partial charge in [0.25, 0.3) is 10.2 Å². The average molecular weight is 194 g/mol. The molecule has 1 aliphatic heterocycles. The third-order valence-electron chi connectivity index (χ3n) is 2.35. The van der Waals surface area contributed by atoms with Gasteiger partial charge >= 0.3 is 0 Å². The number of aliphatic hydroxyl groups is 1. The quantitative estimate of drug-likeness (QED) is 0.585. The Labute approximate surface area is 72.3 Å². The van der Waals surface area contributed by atoms with Crippen LogP contribution in [0, 0.1) is 5.92 Å². The lowest BCUT2D eigenvalue weighted by Crippen LogP contribution is -2.43. The monoisotopic (exact) mass is 194 g/mol. The van der Waals surface area contributed by atoms with Crippen molar-refractivity contribution in [3.63, 3.8) is 0 Å². The topological polar surface area (TPSA) is 83.6 Å². The molecule has 2 unspecified atom stereocenters. The van der Waals surface area contributed by atoms with E-state index in [1.54, 1.807) is 0 Å². The summed E-state index contributed by atoms with van der Waals surface area (Å²) in [6.07, 6.45) is 0.766. The van der Waals surface area contributed by atoms with E-state index in [9.17, 15) is 8.42 Å². The molecule has 12 heavy (non-hydrogen) atoms. The lowest BCUT2D eigenvalue weighted by atomic mass is 10.0.